The average molecular weight is 359 g/mol. The number of alkyl halides is 3. The Labute approximate surface area is 144 Å². The fraction of sp³-hybridized carbons (Fsp3) is 0.500. The van der Waals surface area contributed by atoms with Crippen LogP contribution in [0.25, 0.3) is 5.70 Å². The summed E-state index contributed by atoms with van der Waals surface area (Å²) in [6.45, 7) is 7.36. The Balaban J connectivity index is 2.39. The van der Waals surface area contributed by atoms with Gasteiger partial charge in [0.1, 0.15) is 11.4 Å². The zero-order valence-electron chi connectivity index (χ0n) is 14.6. The SMILES string of the molecule is CC1CC=C(c2ccc(C(F)(F)F)cc2F)N(C(=O)OC(C)(C)C)C1. The third-order valence-corrected chi connectivity index (χ3v) is 3.68. The third kappa shape index (κ3) is 4.74. The summed E-state index contributed by atoms with van der Waals surface area (Å²) in [4.78, 5) is 13.7. The highest BCUT2D eigenvalue weighted by molar-refractivity contribution is 5.83. The van der Waals surface area contributed by atoms with Crippen LogP contribution in [0, 0.1) is 11.7 Å². The van der Waals surface area contributed by atoms with Gasteiger partial charge >= 0.3 is 12.3 Å². The summed E-state index contributed by atoms with van der Waals surface area (Å²) in [6.07, 6.45) is -3.02. The minimum atomic E-state index is -4.63. The molecule has 1 atom stereocenters. The van der Waals surface area contributed by atoms with Crippen molar-refractivity contribution in [3.05, 3.63) is 41.2 Å². The van der Waals surface area contributed by atoms with Crippen molar-refractivity contribution < 1.29 is 27.1 Å². The van der Waals surface area contributed by atoms with E-state index >= 15 is 0 Å². The van der Waals surface area contributed by atoms with Crippen LogP contribution in [0.3, 0.4) is 0 Å². The monoisotopic (exact) mass is 359 g/mol. The lowest BCUT2D eigenvalue weighted by molar-refractivity contribution is -0.137. The molecule has 1 amide bonds. The number of benzene rings is 1. The molecule has 3 nitrogen and oxygen atoms in total. The predicted octanol–water partition coefficient (Wildman–Crippen LogP) is 5.46. The molecule has 1 aliphatic heterocycles. The van der Waals surface area contributed by atoms with Gasteiger partial charge in [-0.05, 0) is 51.3 Å². The molecule has 2 rings (SSSR count). The van der Waals surface area contributed by atoms with Crippen LogP contribution < -0.4 is 0 Å². The first-order chi connectivity index (χ1) is 11.4. The standard InChI is InChI=1S/C18H21F4NO2/c1-11-5-8-15(23(10-11)16(24)25-17(2,3)4)13-7-6-12(9-14(13)19)18(20,21)22/h6-9,11H,5,10H2,1-4H3. The number of carbonyl (C=O) groups is 1. The second kappa shape index (κ2) is 6.69. The van der Waals surface area contributed by atoms with Crippen molar-refractivity contribution >= 4 is 11.8 Å². The van der Waals surface area contributed by atoms with Crippen LogP contribution in [0.5, 0.6) is 0 Å². The van der Waals surface area contributed by atoms with Gasteiger partial charge < -0.3 is 4.74 Å². The van der Waals surface area contributed by atoms with Gasteiger partial charge in [-0.1, -0.05) is 13.0 Å². The summed E-state index contributed by atoms with van der Waals surface area (Å²) in [5, 5.41) is 0. The van der Waals surface area contributed by atoms with Crippen LogP contribution in [0.4, 0.5) is 22.4 Å². The van der Waals surface area contributed by atoms with Crippen molar-refractivity contribution in [3.63, 3.8) is 0 Å². The zero-order valence-corrected chi connectivity index (χ0v) is 14.6. The van der Waals surface area contributed by atoms with Crippen molar-refractivity contribution in [1.82, 2.24) is 4.90 Å². The summed E-state index contributed by atoms with van der Waals surface area (Å²) < 4.78 is 57.8. The van der Waals surface area contributed by atoms with Gasteiger partial charge in [0.15, 0.2) is 0 Å². The van der Waals surface area contributed by atoms with Crippen LogP contribution in [0.2, 0.25) is 0 Å². The number of amides is 1. The number of ether oxygens (including phenoxy) is 1. The summed E-state index contributed by atoms with van der Waals surface area (Å²) >= 11 is 0. The van der Waals surface area contributed by atoms with Crippen LogP contribution in [-0.4, -0.2) is 23.1 Å². The minimum absolute atomic E-state index is 0.0502. The lowest BCUT2D eigenvalue weighted by Crippen LogP contribution is -2.40. The normalized spacial score (nSPS) is 18.8. The van der Waals surface area contributed by atoms with Gasteiger partial charge in [-0.3, -0.25) is 4.90 Å². The van der Waals surface area contributed by atoms with Crippen LogP contribution >= 0.6 is 0 Å². The summed E-state index contributed by atoms with van der Waals surface area (Å²) in [5.41, 5.74) is -1.62. The average Bonchev–Trinajstić information content (AvgIpc) is 2.44. The van der Waals surface area contributed by atoms with Gasteiger partial charge in [0.25, 0.3) is 0 Å². The predicted molar refractivity (Wildman–Crippen MR) is 86.1 cm³/mol. The van der Waals surface area contributed by atoms with E-state index in [1.165, 1.54) is 4.90 Å². The summed E-state index contributed by atoms with van der Waals surface area (Å²) in [6, 6.07) is 2.31. The Morgan fingerprint density at radius 3 is 2.40 bits per heavy atom. The van der Waals surface area contributed by atoms with Gasteiger partial charge in [0.05, 0.1) is 11.3 Å². The third-order valence-electron chi connectivity index (χ3n) is 3.68. The number of hydrogen-bond acceptors (Lipinski definition) is 2. The fourth-order valence-corrected chi connectivity index (χ4v) is 2.55. The largest absolute Gasteiger partial charge is 0.443 e. The first kappa shape index (κ1) is 19.3. The van der Waals surface area contributed by atoms with Gasteiger partial charge in [0, 0.05) is 12.1 Å². The lowest BCUT2D eigenvalue weighted by Gasteiger charge is -2.34. The number of allylic oxidation sites excluding steroid dienone is 1. The number of rotatable bonds is 1. The van der Waals surface area contributed by atoms with Gasteiger partial charge in [0.2, 0.25) is 0 Å². The first-order valence-electron chi connectivity index (χ1n) is 7.96. The summed E-state index contributed by atoms with van der Waals surface area (Å²) in [5.74, 6) is -0.891. The van der Waals surface area contributed by atoms with Crippen LogP contribution in [0.15, 0.2) is 24.3 Å². The maximum atomic E-state index is 14.3. The van der Waals surface area contributed by atoms with Gasteiger partial charge in [-0.25, -0.2) is 9.18 Å². The molecule has 138 valence electrons. The van der Waals surface area contributed by atoms with E-state index in [4.69, 9.17) is 4.74 Å². The molecule has 1 aromatic rings. The van der Waals surface area contributed by atoms with Crippen molar-refractivity contribution in [2.24, 2.45) is 5.92 Å². The number of nitrogens with zero attached hydrogens (tertiary/aromatic N) is 1. The van der Waals surface area contributed by atoms with E-state index in [9.17, 15) is 22.4 Å². The molecule has 7 heteroatoms. The smallest absolute Gasteiger partial charge is 0.416 e. The summed E-state index contributed by atoms with van der Waals surface area (Å²) in [7, 11) is 0. The van der Waals surface area contributed by atoms with E-state index in [0.717, 1.165) is 12.1 Å². The molecule has 1 aliphatic rings. The van der Waals surface area contributed by atoms with Crippen molar-refractivity contribution in [2.45, 2.75) is 45.9 Å². The van der Waals surface area contributed by atoms with E-state index < -0.39 is 29.3 Å². The topological polar surface area (TPSA) is 29.5 Å². The highest BCUT2D eigenvalue weighted by Crippen LogP contribution is 2.34. The Morgan fingerprint density at radius 1 is 1.24 bits per heavy atom. The fourth-order valence-electron chi connectivity index (χ4n) is 2.55. The van der Waals surface area contributed by atoms with Crippen LogP contribution in [0.1, 0.15) is 45.2 Å². The molecule has 0 N–H and O–H groups in total. The molecule has 0 bridgehead atoms. The lowest BCUT2D eigenvalue weighted by atomic mass is 9.97. The Morgan fingerprint density at radius 2 is 1.88 bits per heavy atom. The minimum Gasteiger partial charge on any atom is -0.443 e. The maximum absolute atomic E-state index is 14.3. The molecule has 0 aromatic heterocycles. The Kier molecular flexibility index (Phi) is 5.16. The van der Waals surface area contributed by atoms with Crippen molar-refractivity contribution in [2.75, 3.05) is 6.54 Å². The van der Waals surface area contributed by atoms with Crippen molar-refractivity contribution in [3.8, 4) is 0 Å². The molecule has 0 radical (unpaired) electrons. The second-order valence-electron chi connectivity index (χ2n) is 7.21. The molecular formula is C18H21F4NO2. The van der Waals surface area contributed by atoms with E-state index in [1.807, 2.05) is 6.92 Å². The molecule has 0 saturated carbocycles. The highest BCUT2D eigenvalue weighted by Gasteiger charge is 2.34. The second-order valence-corrected chi connectivity index (χ2v) is 7.21. The molecule has 1 heterocycles. The molecule has 1 unspecified atom stereocenters. The molecule has 0 spiro atoms. The van der Waals surface area contributed by atoms with E-state index in [1.54, 1.807) is 26.8 Å². The van der Waals surface area contributed by atoms with E-state index in [-0.39, 0.29) is 17.2 Å². The maximum Gasteiger partial charge on any atom is 0.416 e. The number of carbonyl (C=O) groups excluding carboxylic acids is 1. The molecule has 0 fully saturated rings. The number of halogens is 4. The zero-order chi connectivity index (χ0) is 19.0. The van der Waals surface area contributed by atoms with Gasteiger partial charge in [-0.2, -0.15) is 13.2 Å². The molecule has 0 aliphatic carbocycles. The van der Waals surface area contributed by atoms with Gasteiger partial charge in [-0.15, -0.1) is 0 Å². The molecule has 25 heavy (non-hydrogen) atoms. The van der Waals surface area contributed by atoms with Crippen LogP contribution in [-0.2, 0) is 10.9 Å². The number of hydrogen-bond donors (Lipinski definition) is 0. The molecular weight excluding hydrogens is 338 g/mol. The molecule has 0 saturated heterocycles. The van der Waals surface area contributed by atoms with E-state index in [2.05, 4.69) is 0 Å². The van der Waals surface area contributed by atoms with E-state index in [0.29, 0.717) is 19.0 Å². The Hall–Kier alpha value is -2.05. The quantitative estimate of drug-likeness (QED) is 0.623. The molecule has 1 aromatic carbocycles. The van der Waals surface area contributed by atoms with Crippen molar-refractivity contribution in [1.29, 1.82) is 0 Å². The highest BCUT2D eigenvalue weighted by atomic mass is 19.4. The Bertz CT molecular complexity index is 689. The first-order valence-corrected chi connectivity index (χ1v) is 7.96.